The van der Waals surface area contributed by atoms with E-state index in [1.54, 1.807) is 0 Å². The molecule has 0 saturated carbocycles. The minimum Gasteiger partial charge on any atom is -0.456 e. The van der Waals surface area contributed by atoms with Gasteiger partial charge in [0.25, 0.3) is 0 Å². The second-order valence-electron chi connectivity index (χ2n) is 15.9. The monoisotopic (exact) mass is 794 g/mol. The molecule has 4 aromatic heterocycles. The number of para-hydroxylation sites is 3. The van der Waals surface area contributed by atoms with Crippen LogP contribution in [-0.4, -0.2) is 4.98 Å². The van der Waals surface area contributed by atoms with Crippen LogP contribution >= 0.6 is 0 Å². The Morgan fingerprint density at radius 1 is 0.290 bits per heavy atom. The van der Waals surface area contributed by atoms with Crippen LogP contribution in [0.15, 0.2) is 220 Å². The zero-order chi connectivity index (χ0) is 40.7. The topological polar surface area (TPSA) is 55.6 Å². The maximum absolute atomic E-state index is 6.24. The number of benzene rings is 9. The molecule has 0 saturated heterocycles. The molecule has 13 rings (SSSR count). The molecule has 0 unspecified atom stereocenters. The Morgan fingerprint density at radius 2 is 0.726 bits per heavy atom. The average Bonchev–Trinajstić information content (AvgIpc) is 4.02. The van der Waals surface area contributed by atoms with Crippen molar-refractivity contribution in [3.05, 3.63) is 206 Å². The van der Waals surface area contributed by atoms with Crippen molar-refractivity contribution in [2.45, 2.75) is 0 Å². The van der Waals surface area contributed by atoms with Gasteiger partial charge in [0.15, 0.2) is 0 Å². The first-order chi connectivity index (χ1) is 30.7. The molecule has 0 amide bonds. The first kappa shape index (κ1) is 34.5. The molecule has 0 fully saturated rings. The molecule has 5 heteroatoms. The third-order valence-corrected chi connectivity index (χ3v) is 12.3. The third-order valence-electron chi connectivity index (χ3n) is 12.3. The molecular weight excluding hydrogens is 761 g/mol. The number of nitrogens with zero attached hydrogens (tertiary/aromatic N) is 2. The third kappa shape index (κ3) is 5.60. The first-order valence-electron chi connectivity index (χ1n) is 20.8. The Kier molecular flexibility index (Phi) is 7.54. The number of hydrogen-bond donors (Lipinski definition) is 0. The van der Waals surface area contributed by atoms with E-state index in [0.29, 0.717) is 5.71 Å². The highest BCUT2D eigenvalue weighted by atomic mass is 16.3. The van der Waals surface area contributed by atoms with Crippen LogP contribution in [0.5, 0.6) is 0 Å². The van der Waals surface area contributed by atoms with Gasteiger partial charge in [-0.05, 0) is 130 Å². The maximum Gasteiger partial charge on any atom is 0.227 e. The molecule has 290 valence electrons. The predicted molar refractivity (Wildman–Crippen MR) is 255 cm³/mol. The Bertz CT molecular complexity index is 3720. The number of anilines is 3. The van der Waals surface area contributed by atoms with Gasteiger partial charge in [0, 0.05) is 54.9 Å². The Morgan fingerprint density at radius 3 is 1.32 bits per heavy atom. The molecule has 4 heterocycles. The van der Waals surface area contributed by atoms with Crippen molar-refractivity contribution in [1.82, 2.24) is 4.98 Å². The fraction of sp³-hybridized carbons (Fsp3) is 0. The number of aromatic nitrogens is 1. The fourth-order valence-electron chi connectivity index (χ4n) is 9.16. The summed E-state index contributed by atoms with van der Waals surface area (Å²) in [5.41, 5.74) is 14.6. The molecule has 0 bridgehead atoms. The standard InChI is InChI=1S/C57H34N2O3/c1-4-10-52-45(7-1)48-27-20-39(33-55(48)60-52)35-15-22-42(23-16-35)59(43-24-17-36(18-25-43)40-21-28-49-46-8-2-5-11-53(46)61-56(49)34-40)44-26-19-37-31-41(14-13-38(37)32-44)51-30-29-50-47-9-3-6-12-54(47)62-57(50)58-51/h1-34H. The van der Waals surface area contributed by atoms with Gasteiger partial charge in [-0.25, -0.2) is 4.98 Å². The lowest BCUT2D eigenvalue weighted by molar-refractivity contribution is 0.654. The van der Waals surface area contributed by atoms with Gasteiger partial charge in [-0.2, -0.15) is 0 Å². The van der Waals surface area contributed by atoms with Crippen molar-refractivity contribution in [1.29, 1.82) is 0 Å². The molecule has 5 nitrogen and oxygen atoms in total. The van der Waals surface area contributed by atoms with Crippen molar-refractivity contribution in [2.24, 2.45) is 0 Å². The largest absolute Gasteiger partial charge is 0.456 e. The molecule has 0 aliphatic heterocycles. The molecule has 0 atom stereocenters. The second-order valence-corrected chi connectivity index (χ2v) is 15.9. The normalized spacial score (nSPS) is 11.9. The van der Waals surface area contributed by atoms with Crippen LogP contribution in [0, 0.1) is 0 Å². The summed E-state index contributed by atoms with van der Waals surface area (Å²) in [5, 5.41) is 8.88. The second kappa shape index (κ2) is 13.6. The van der Waals surface area contributed by atoms with Crippen LogP contribution in [0.4, 0.5) is 17.1 Å². The van der Waals surface area contributed by atoms with E-state index in [0.717, 1.165) is 122 Å². The lowest BCUT2D eigenvalue weighted by Gasteiger charge is -2.26. The van der Waals surface area contributed by atoms with E-state index < -0.39 is 0 Å². The van der Waals surface area contributed by atoms with Gasteiger partial charge >= 0.3 is 0 Å². The van der Waals surface area contributed by atoms with Gasteiger partial charge in [0.1, 0.15) is 27.9 Å². The smallest absolute Gasteiger partial charge is 0.227 e. The summed E-state index contributed by atoms with van der Waals surface area (Å²) in [5.74, 6) is 0. The van der Waals surface area contributed by atoms with Crippen molar-refractivity contribution in [3.63, 3.8) is 0 Å². The van der Waals surface area contributed by atoms with Crippen LogP contribution < -0.4 is 4.90 Å². The molecule has 0 spiro atoms. The van der Waals surface area contributed by atoms with Crippen LogP contribution in [-0.2, 0) is 0 Å². The summed E-state index contributed by atoms with van der Waals surface area (Å²) < 4.78 is 18.6. The van der Waals surface area contributed by atoms with Gasteiger partial charge in [-0.1, -0.05) is 109 Å². The van der Waals surface area contributed by atoms with E-state index >= 15 is 0 Å². The molecule has 0 aliphatic rings. The van der Waals surface area contributed by atoms with Crippen LogP contribution in [0.25, 0.3) is 110 Å². The summed E-state index contributed by atoms with van der Waals surface area (Å²) in [7, 11) is 0. The summed E-state index contributed by atoms with van der Waals surface area (Å²) >= 11 is 0. The van der Waals surface area contributed by atoms with Crippen molar-refractivity contribution < 1.29 is 13.3 Å². The van der Waals surface area contributed by atoms with Crippen LogP contribution in [0.1, 0.15) is 0 Å². The quantitative estimate of drug-likeness (QED) is 0.168. The molecule has 0 aliphatic carbocycles. The van der Waals surface area contributed by atoms with Gasteiger partial charge in [-0.15, -0.1) is 0 Å². The van der Waals surface area contributed by atoms with E-state index in [1.807, 2.05) is 42.5 Å². The highest BCUT2D eigenvalue weighted by Gasteiger charge is 2.17. The molecule has 0 radical (unpaired) electrons. The molecular formula is C57H34N2O3. The Labute approximate surface area is 355 Å². The average molecular weight is 795 g/mol. The fourth-order valence-corrected chi connectivity index (χ4v) is 9.16. The SMILES string of the molecule is c1ccc2c(c1)oc1cc(-c3ccc(N(c4ccc(-c5ccc6c(c5)oc5ccccc56)cc4)c4ccc5cc(-c6ccc7c(n6)oc6ccccc67)ccc5c4)cc3)ccc12. The first-order valence-corrected chi connectivity index (χ1v) is 20.8. The Hall–Kier alpha value is -8.41. The predicted octanol–water partition coefficient (Wildman–Crippen LogP) is 16.4. The number of furan rings is 3. The van der Waals surface area contributed by atoms with E-state index in [2.05, 4.69) is 169 Å². The summed E-state index contributed by atoms with van der Waals surface area (Å²) in [6.45, 7) is 0. The highest BCUT2D eigenvalue weighted by Crippen LogP contribution is 2.40. The van der Waals surface area contributed by atoms with Gasteiger partial charge < -0.3 is 18.2 Å². The van der Waals surface area contributed by atoms with Gasteiger partial charge in [-0.3, -0.25) is 0 Å². The van der Waals surface area contributed by atoms with Crippen molar-refractivity contribution >= 4 is 93.8 Å². The van der Waals surface area contributed by atoms with Crippen LogP contribution in [0.3, 0.4) is 0 Å². The Balaban J connectivity index is 0.875. The minimum atomic E-state index is 0.650. The van der Waals surface area contributed by atoms with Crippen LogP contribution in [0.2, 0.25) is 0 Å². The zero-order valence-corrected chi connectivity index (χ0v) is 33.2. The van der Waals surface area contributed by atoms with E-state index in [-0.39, 0.29) is 0 Å². The highest BCUT2D eigenvalue weighted by molar-refractivity contribution is 6.07. The van der Waals surface area contributed by atoms with Gasteiger partial charge in [0.05, 0.1) is 5.69 Å². The van der Waals surface area contributed by atoms with Gasteiger partial charge in [0.2, 0.25) is 5.71 Å². The minimum absolute atomic E-state index is 0.650. The number of fused-ring (bicyclic) bond motifs is 10. The zero-order valence-electron chi connectivity index (χ0n) is 33.2. The maximum atomic E-state index is 6.24. The molecule has 0 N–H and O–H groups in total. The van der Waals surface area contributed by atoms with Crippen molar-refractivity contribution in [2.75, 3.05) is 4.90 Å². The summed E-state index contributed by atoms with van der Waals surface area (Å²) in [6, 6.07) is 72.5. The summed E-state index contributed by atoms with van der Waals surface area (Å²) in [6.07, 6.45) is 0. The van der Waals surface area contributed by atoms with E-state index in [1.165, 1.54) is 0 Å². The lowest BCUT2D eigenvalue weighted by atomic mass is 10.0. The molecule has 62 heavy (non-hydrogen) atoms. The van der Waals surface area contributed by atoms with Crippen molar-refractivity contribution in [3.8, 4) is 33.5 Å². The number of pyridine rings is 1. The lowest BCUT2D eigenvalue weighted by Crippen LogP contribution is -2.09. The molecule has 9 aromatic carbocycles. The number of hydrogen-bond acceptors (Lipinski definition) is 5. The summed E-state index contributed by atoms with van der Waals surface area (Å²) in [4.78, 5) is 7.26. The van der Waals surface area contributed by atoms with E-state index in [9.17, 15) is 0 Å². The molecule has 13 aromatic rings. The number of rotatable bonds is 6. The van der Waals surface area contributed by atoms with E-state index in [4.69, 9.17) is 18.2 Å².